The van der Waals surface area contributed by atoms with E-state index >= 15 is 0 Å². The van der Waals surface area contributed by atoms with E-state index in [-0.39, 0.29) is 0 Å². The van der Waals surface area contributed by atoms with Crippen LogP contribution in [0.2, 0.25) is 0 Å². The largest absolute Gasteiger partial charge is 0.359 e. The lowest BCUT2D eigenvalue weighted by Gasteiger charge is -2.30. The van der Waals surface area contributed by atoms with E-state index in [4.69, 9.17) is 0 Å². The van der Waals surface area contributed by atoms with E-state index < -0.39 is 0 Å². The lowest BCUT2D eigenvalue weighted by molar-refractivity contribution is -0.567. The van der Waals surface area contributed by atoms with Gasteiger partial charge >= 0.3 is 0 Å². The van der Waals surface area contributed by atoms with E-state index in [1.807, 2.05) is 0 Å². The number of hydrogen-bond donors (Lipinski definition) is 0. The summed E-state index contributed by atoms with van der Waals surface area (Å²) in [4.78, 5) is 2.59. The van der Waals surface area contributed by atoms with Crippen LogP contribution in [0.25, 0.3) is 0 Å². The Morgan fingerprint density at radius 1 is 0.840 bits per heavy atom. The normalized spacial score (nSPS) is 19.4. The lowest BCUT2D eigenvalue weighted by atomic mass is 10.1. The SMILES string of the molecule is CC(c1ccccc1)N1CCCC[N+](C(C)c2ccccc2)=C2C=C21. The summed E-state index contributed by atoms with van der Waals surface area (Å²) >= 11 is 0. The molecule has 0 N–H and O–H groups in total. The second kappa shape index (κ2) is 6.87. The molecule has 0 aromatic heterocycles. The van der Waals surface area contributed by atoms with Gasteiger partial charge in [0.2, 0.25) is 5.71 Å². The van der Waals surface area contributed by atoms with Gasteiger partial charge in [0.25, 0.3) is 0 Å². The Bertz CT molecular complexity index is 789. The quantitative estimate of drug-likeness (QED) is 0.718. The molecule has 0 amide bonds. The second-order valence-electron chi connectivity index (χ2n) is 7.18. The van der Waals surface area contributed by atoms with Gasteiger partial charge < -0.3 is 4.90 Å². The van der Waals surface area contributed by atoms with Crippen LogP contribution in [-0.4, -0.2) is 28.3 Å². The Morgan fingerprint density at radius 3 is 2.16 bits per heavy atom. The first kappa shape index (κ1) is 16.1. The summed E-state index contributed by atoms with van der Waals surface area (Å²) in [5.41, 5.74) is 5.69. The van der Waals surface area contributed by atoms with Crippen molar-refractivity contribution in [2.75, 3.05) is 13.1 Å². The zero-order valence-electron chi connectivity index (χ0n) is 15.2. The van der Waals surface area contributed by atoms with E-state index in [0.29, 0.717) is 12.1 Å². The fraction of sp³-hybridized carbons (Fsp3) is 0.348. The van der Waals surface area contributed by atoms with Crippen molar-refractivity contribution in [3.8, 4) is 0 Å². The molecule has 2 heteroatoms. The molecule has 2 aliphatic rings. The number of rotatable bonds is 4. The van der Waals surface area contributed by atoms with Gasteiger partial charge in [-0.1, -0.05) is 60.7 Å². The molecule has 1 aliphatic heterocycles. The number of nitrogens with zero attached hydrogens (tertiary/aromatic N) is 2. The summed E-state index contributed by atoms with van der Waals surface area (Å²) < 4.78 is 2.59. The first-order valence-corrected chi connectivity index (χ1v) is 9.48. The van der Waals surface area contributed by atoms with Crippen molar-refractivity contribution < 1.29 is 4.58 Å². The van der Waals surface area contributed by atoms with Gasteiger partial charge in [0.1, 0.15) is 12.2 Å². The van der Waals surface area contributed by atoms with Gasteiger partial charge in [0.15, 0.2) is 6.04 Å². The second-order valence-corrected chi connectivity index (χ2v) is 7.18. The summed E-state index contributed by atoms with van der Waals surface area (Å²) in [6.45, 7) is 6.97. The standard InChI is InChI=1S/C23H27N2/c1-18(20-11-5-3-6-12-20)24-15-9-10-16-25(23-17-22(23)24)19(2)21-13-7-4-8-14-21/h3-8,11-14,17-19H,9-10,15-16H2,1-2H3/q+1. The van der Waals surface area contributed by atoms with Gasteiger partial charge in [-0.15, -0.1) is 0 Å². The molecule has 2 unspecified atom stereocenters. The Balaban J connectivity index is 1.60. The molecule has 128 valence electrons. The molecule has 0 spiro atoms. The Kier molecular flexibility index (Phi) is 4.44. The highest BCUT2D eigenvalue weighted by molar-refractivity contribution is 6.20. The molecule has 0 radical (unpaired) electrons. The first-order chi connectivity index (χ1) is 12.3. The number of allylic oxidation sites excluding steroid dienone is 2. The molecule has 0 saturated carbocycles. The van der Waals surface area contributed by atoms with Crippen LogP contribution < -0.4 is 0 Å². The number of fused-ring (bicyclic) bond motifs is 1. The molecule has 2 nitrogen and oxygen atoms in total. The van der Waals surface area contributed by atoms with Crippen LogP contribution in [0.4, 0.5) is 0 Å². The van der Waals surface area contributed by atoms with Crippen LogP contribution >= 0.6 is 0 Å². The minimum absolute atomic E-state index is 0.428. The van der Waals surface area contributed by atoms with Crippen LogP contribution in [-0.2, 0) is 0 Å². The maximum Gasteiger partial charge on any atom is 0.226 e. The van der Waals surface area contributed by atoms with Gasteiger partial charge in [-0.3, -0.25) is 0 Å². The number of hydrogen-bond acceptors (Lipinski definition) is 1. The van der Waals surface area contributed by atoms with Crippen LogP contribution in [0, 0.1) is 0 Å². The lowest BCUT2D eigenvalue weighted by Crippen LogP contribution is -2.31. The van der Waals surface area contributed by atoms with Gasteiger partial charge in [-0.2, -0.15) is 0 Å². The maximum absolute atomic E-state index is 2.59. The molecular weight excluding hydrogens is 304 g/mol. The highest BCUT2D eigenvalue weighted by Gasteiger charge is 2.39. The Hall–Kier alpha value is -2.35. The van der Waals surface area contributed by atoms with Crippen LogP contribution in [0.3, 0.4) is 0 Å². The Labute approximate surface area is 151 Å². The molecular formula is C23H27N2+. The van der Waals surface area contributed by atoms with E-state index in [9.17, 15) is 0 Å². The average molecular weight is 331 g/mol. The minimum Gasteiger partial charge on any atom is -0.359 e. The summed E-state index contributed by atoms with van der Waals surface area (Å²) in [6, 6.07) is 22.6. The minimum atomic E-state index is 0.428. The van der Waals surface area contributed by atoms with E-state index in [0.717, 1.165) is 13.1 Å². The molecule has 1 heterocycles. The van der Waals surface area contributed by atoms with Crippen LogP contribution in [0.5, 0.6) is 0 Å². The average Bonchev–Trinajstić information content (AvgIpc) is 3.42. The first-order valence-electron chi connectivity index (χ1n) is 9.48. The van der Waals surface area contributed by atoms with Crippen molar-refractivity contribution in [3.63, 3.8) is 0 Å². The molecule has 2 aromatic carbocycles. The van der Waals surface area contributed by atoms with Crippen LogP contribution in [0.15, 0.2) is 72.4 Å². The monoisotopic (exact) mass is 331 g/mol. The van der Waals surface area contributed by atoms with Crippen molar-refractivity contribution in [2.24, 2.45) is 0 Å². The zero-order valence-corrected chi connectivity index (χ0v) is 15.2. The molecule has 2 aromatic rings. The Morgan fingerprint density at radius 2 is 1.48 bits per heavy atom. The third-order valence-electron chi connectivity index (χ3n) is 5.62. The topological polar surface area (TPSA) is 6.25 Å². The molecule has 0 saturated heterocycles. The maximum atomic E-state index is 2.59. The van der Waals surface area contributed by atoms with E-state index in [2.05, 4.69) is 90.1 Å². The van der Waals surface area contributed by atoms with Crippen molar-refractivity contribution in [1.29, 1.82) is 0 Å². The van der Waals surface area contributed by atoms with E-state index in [1.54, 1.807) is 0 Å². The predicted octanol–water partition coefficient (Wildman–Crippen LogP) is 4.96. The summed E-state index contributed by atoms with van der Waals surface area (Å²) in [7, 11) is 0. The molecule has 2 atom stereocenters. The summed E-state index contributed by atoms with van der Waals surface area (Å²) in [5, 5.41) is 0. The fourth-order valence-electron chi connectivity index (χ4n) is 3.99. The van der Waals surface area contributed by atoms with Gasteiger partial charge in [0.05, 0.1) is 6.04 Å². The van der Waals surface area contributed by atoms with Gasteiger partial charge in [-0.05, 0) is 18.9 Å². The molecule has 25 heavy (non-hydrogen) atoms. The van der Waals surface area contributed by atoms with Crippen LogP contribution in [0.1, 0.15) is 49.9 Å². The predicted molar refractivity (Wildman–Crippen MR) is 104 cm³/mol. The van der Waals surface area contributed by atoms with Crippen molar-refractivity contribution in [2.45, 2.75) is 38.8 Å². The third-order valence-corrected chi connectivity index (χ3v) is 5.62. The zero-order chi connectivity index (χ0) is 17.2. The molecule has 0 fully saturated rings. The summed E-state index contributed by atoms with van der Waals surface area (Å²) in [5.74, 6) is 0. The smallest absolute Gasteiger partial charge is 0.226 e. The highest BCUT2D eigenvalue weighted by atomic mass is 15.2. The number of benzene rings is 2. The van der Waals surface area contributed by atoms with Gasteiger partial charge in [0, 0.05) is 31.5 Å². The van der Waals surface area contributed by atoms with Gasteiger partial charge in [-0.25, -0.2) is 4.58 Å². The fourth-order valence-corrected chi connectivity index (χ4v) is 3.99. The van der Waals surface area contributed by atoms with Crippen molar-refractivity contribution in [3.05, 3.63) is 83.6 Å². The van der Waals surface area contributed by atoms with Crippen molar-refractivity contribution >= 4 is 5.71 Å². The van der Waals surface area contributed by atoms with Crippen molar-refractivity contribution in [1.82, 2.24) is 4.90 Å². The molecule has 0 bridgehead atoms. The summed E-state index contributed by atoms with van der Waals surface area (Å²) in [6.07, 6.45) is 4.88. The van der Waals surface area contributed by atoms with E-state index in [1.165, 1.54) is 35.4 Å². The molecule has 1 aliphatic carbocycles. The third kappa shape index (κ3) is 3.26. The molecule has 4 rings (SSSR count). The highest BCUT2D eigenvalue weighted by Crippen LogP contribution is 2.34.